The lowest BCUT2D eigenvalue weighted by atomic mass is 9.96. The molecule has 1 amide bonds. The maximum absolute atomic E-state index is 13.3. The van der Waals surface area contributed by atoms with Gasteiger partial charge >= 0.3 is 5.97 Å². The van der Waals surface area contributed by atoms with Gasteiger partial charge in [-0.1, -0.05) is 31.2 Å². The molecule has 204 valence electrons. The summed E-state index contributed by atoms with van der Waals surface area (Å²) >= 11 is 0. The monoisotopic (exact) mass is 528 g/mol. The first kappa shape index (κ1) is 26.6. The van der Waals surface area contributed by atoms with Gasteiger partial charge in [0.2, 0.25) is 0 Å². The Kier molecular flexibility index (Phi) is 7.74. The smallest absolute Gasteiger partial charge is 0.306 e. The van der Waals surface area contributed by atoms with Gasteiger partial charge < -0.3 is 14.4 Å². The number of carbonyl (C=O) groups is 2. The molecule has 5 rings (SSSR count). The lowest BCUT2D eigenvalue weighted by Gasteiger charge is -2.32. The fraction of sp³-hybridized carbons (Fsp3) is 0.355. The van der Waals surface area contributed by atoms with Crippen LogP contribution in [0.25, 0.3) is 0 Å². The molecule has 0 spiro atoms. The fourth-order valence-electron chi connectivity index (χ4n) is 5.41. The highest BCUT2D eigenvalue weighted by atomic mass is 16.5. The minimum atomic E-state index is -0.207. The molecule has 3 aromatic carbocycles. The number of aryl methyl sites for hydroxylation is 2. The van der Waals surface area contributed by atoms with Crippen LogP contribution in [-0.2, 0) is 35.3 Å². The van der Waals surface area contributed by atoms with Gasteiger partial charge in [-0.3, -0.25) is 19.6 Å². The van der Waals surface area contributed by atoms with Crippen molar-refractivity contribution in [1.29, 1.82) is 0 Å². The van der Waals surface area contributed by atoms with Crippen molar-refractivity contribution in [3.05, 3.63) is 82.4 Å². The zero-order valence-corrected chi connectivity index (χ0v) is 23.1. The average Bonchev–Trinajstić information content (AvgIpc) is 3.30. The molecule has 0 aromatic heterocycles. The standard InChI is InChI=1S/C31H36N4O4/c1-5-21-10-13-23(14-11-21)31(37)34-17-16-25-24(20-34)8-7-9-26(25)35-27-18-22(12-15-29(36)39-6-2)19-28(38-4)30(27)33(3)32-35/h7-11,13-14,18-19,32H,5-6,12,15-17,20H2,1-4H3. The first-order chi connectivity index (χ1) is 18.9. The number of fused-ring (bicyclic) bond motifs is 2. The Morgan fingerprint density at radius 3 is 2.51 bits per heavy atom. The molecular formula is C31H36N4O4. The Hall–Kier alpha value is -4.04. The molecule has 1 N–H and O–H groups in total. The molecule has 39 heavy (non-hydrogen) atoms. The Morgan fingerprint density at radius 1 is 1.00 bits per heavy atom. The Morgan fingerprint density at radius 2 is 1.79 bits per heavy atom. The second kappa shape index (κ2) is 11.4. The third kappa shape index (κ3) is 5.29. The zero-order chi connectivity index (χ0) is 27.5. The van der Waals surface area contributed by atoms with E-state index in [-0.39, 0.29) is 11.9 Å². The van der Waals surface area contributed by atoms with Crippen molar-refractivity contribution in [2.75, 3.05) is 37.3 Å². The predicted molar refractivity (Wildman–Crippen MR) is 152 cm³/mol. The molecule has 2 aliphatic heterocycles. The summed E-state index contributed by atoms with van der Waals surface area (Å²) in [6.07, 6.45) is 2.57. The number of amides is 1. The Labute approximate surface area is 230 Å². The second-order valence-electron chi connectivity index (χ2n) is 9.91. The maximum Gasteiger partial charge on any atom is 0.306 e. The number of hydrogen-bond donors (Lipinski definition) is 1. The number of methoxy groups -OCH3 is 1. The normalized spacial score (nSPS) is 14.2. The average molecular weight is 529 g/mol. The van der Waals surface area contributed by atoms with E-state index < -0.39 is 0 Å². The molecule has 0 atom stereocenters. The molecule has 2 aliphatic rings. The number of benzene rings is 3. The summed E-state index contributed by atoms with van der Waals surface area (Å²) in [5, 5.41) is 4.02. The molecule has 0 aliphatic carbocycles. The number of hydrazine groups is 2. The van der Waals surface area contributed by atoms with Gasteiger partial charge in [-0.15, -0.1) is 5.53 Å². The van der Waals surface area contributed by atoms with Gasteiger partial charge in [-0.2, -0.15) is 0 Å². The lowest BCUT2D eigenvalue weighted by molar-refractivity contribution is -0.143. The highest BCUT2D eigenvalue weighted by Crippen LogP contribution is 2.46. The van der Waals surface area contributed by atoms with E-state index in [1.807, 2.05) is 60.3 Å². The highest BCUT2D eigenvalue weighted by Gasteiger charge is 2.32. The van der Waals surface area contributed by atoms with Gasteiger partial charge in [0.15, 0.2) is 0 Å². The summed E-state index contributed by atoms with van der Waals surface area (Å²) in [4.78, 5) is 27.2. The van der Waals surface area contributed by atoms with Crippen molar-refractivity contribution in [1.82, 2.24) is 10.4 Å². The summed E-state index contributed by atoms with van der Waals surface area (Å²) < 4.78 is 10.9. The summed E-state index contributed by atoms with van der Waals surface area (Å²) in [6.45, 7) is 5.52. The second-order valence-corrected chi connectivity index (χ2v) is 9.91. The van der Waals surface area contributed by atoms with Crippen LogP contribution in [-0.4, -0.2) is 44.1 Å². The Bertz CT molecular complexity index is 1370. The van der Waals surface area contributed by atoms with E-state index in [9.17, 15) is 9.59 Å². The van der Waals surface area contributed by atoms with Crippen molar-refractivity contribution in [3.8, 4) is 5.75 Å². The van der Waals surface area contributed by atoms with Crippen molar-refractivity contribution in [2.45, 2.75) is 46.1 Å². The van der Waals surface area contributed by atoms with Crippen LogP contribution in [0, 0.1) is 0 Å². The van der Waals surface area contributed by atoms with Crippen LogP contribution in [0.15, 0.2) is 54.6 Å². The predicted octanol–water partition coefficient (Wildman–Crippen LogP) is 4.96. The number of hydrogen-bond acceptors (Lipinski definition) is 7. The third-order valence-electron chi connectivity index (χ3n) is 7.46. The van der Waals surface area contributed by atoms with Crippen LogP contribution in [0.5, 0.6) is 5.75 Å². The molecule has 0 fully saturated rings. The number of nitrogens with one attached hydrogen (secondary N) is 1. The van der Waals surface area contributed by atoms with Crippen LogP contribution < -0.4 is 20.3 Å². The number of carbonyl (C=O) groups excluding carboxylic acids is 2. The number of rotatable bonds is 8. The largest absolute Gasteiger partial charge is 0.494 e. The quantitative estimate of drug-likeness (QED) is 0.414. The van der Waals surface area contributed by atoms with Crippen molar-refractivity contribution in [3.63, 3.8) is 0 Å². The van der Waals surface area contributed by atoms with Gasteiger partial charge in [0.25, 0.3) is 5.91 Å². The van der Waals surface area contributed by atoms with Crippen molar-refractivity contribution in [2.24, 2.45) is 0 Å². The number of nitrogens with zero attached hydrogens (tertiary/aromatic N) is 3. The molecule has 0 bridgehead atoms. The lowest BCUT2D eigenvalue weighted by Crippen LogP contribution is -2.41. The minimum Gasteiger partial charge on any atom is -0.494 e. The van der Waals surface area contributed by atoms with Crippen molar-refractivity contribution >= 4 is 28.9 Å². The summed E-state index contributed by atoms with van der Waals surface area (Å²) in [7, 11) is 3.62. The summed E-state index contributed by atoms with van der Waals surface area (Å²) in [5.74, 6) is 0.593. The van der Waals surface area contributed by atoms with E-state index in [1.54, 1.807) is 7.11 Å². The molecule has 8 nitrogen and oxygen atoms in total. The van der Waals surface area contributed by atoms with E-state index in [2.05, 4.69) is 35.7 Å². The molecule has 3 aromatic rings. The SMILES string of the molecule is CCOC(=O)CCc1cc(OC)c2c(c1)N(c1cccc3c1CCN(C(=O)c1ccc(CC)cc1)C3)NN2C. The van der Waals surface area contributed by atoms with Crippen LogP contribution >= 0.6 is 0 Å². The number of ether oxygens (including phenoxy) is 2. The van der Waals surface area contributed by atoms with E-state index in [4.69, 9.17) is 9.47 Å². The molecule has 0 unspecified atom stereocenters. The van der Waals surface area contributed by atoms with Gasteiger partial charge in [-0.05, 0) is 78.8 Å². The third-order valence-corrected chi connectivity index (χ3v) is 7.46. The topological polar surface area (TPSA) is 74.3 Å². The zero-order valence-electron chi connectivity index (χ0n) is 23.1. The van der Waals surface area contributed by atoms with E-state index in [0.717, 1.165) is 52.3 Å². The molecule has 2 heterocycles. The summed E-state index contributed by atoms with van der Waals surface area (Å²) in [6, 6.07) is 18.3. The maximum atomic E-state index is 13.3. The highest BCUT2D eigenvalue weighted by molar-refractivity contribution is 5.94. The van der Waals surface area contributed by atoms with Gasteiger partial charge in [0.05, 0.1) is 25.1 Å². The number of esters is 1. The first-order valence-electron chi connectivity index (χ1n) is 13.6. The summed E-state index contributed by atoms with van der Waals surface area (Å²) in [5.41, 5.74) is 11.7. The van der Waals surface area contributed by atoms with Crippen LogP contribution in [0.2, 0.25) is 0 Å². The molecule has 8 heteroatoms. The van der Waals surface area contributed by atoms with Crippen LogP contribution in [0.4, 0.5) is 17.1 Å². The Balaban J connectivity index is 1.42. The number of anilines is 3. The first-order valence-corrected chi connectivity index (χ1v) is 13.6. The van der Waals surface area contributed by atoms with Crippen LogP contribution in [0.1, 0.15) is 52.9 Å². The van der Waals surface area contributed by atoms with E-state index in [0.29, 0.717) is 32.5 Å². The molecule has 0 radical (unpaired) electrons. The van der Waals surface area contributed by atoms with E-state index in [1.165, 1.54) is 11.1 Å². The molecule has 0 saturated carbocycles. The minimum absolute atomic E-state index is 0.0639. The van der Waals surface area contributed by atoms with Crippen molar-refractivity contribution < 1.29 is 19.1 Å². The fourth-order valence-corrected chi connectivity index (χ4v) is 5.41. The van der Waals surface area contributed by atoms with Crippen LogP contribution in [0.3, 0.4) is 0 Å². The van der Waals surface area contributed by atoms with E-state index >= 15 is 0 Å². The molecule has 0 saturated heterocycles. The van der Waals surface area contributed by atoms with Gasteiger partial charge in [-0.25, -0.2) is 0 Å². The van der Waals surface area contributed by atoms with Gasteiger partial charge in [0.1, 0.15) is 11.4 Å². The molecular weight excluding hydrogens is 492 g/mol. The van der Waals surface area contributed by atoms with Gasteiger partial charge in [0, 0.05) is 32.1 Å².